The first kappa shape index (κ1) is 18.2. The van der Waals surface area contributed by atoms with Crippen molar-refractivity contribution >= 4 is 11.9 Å². The van der Waals surface area contributed by atoms with Gasteiger partial charge in [0.15, 0.2) is 5.69 Å². The van der Waals surface area contributed by atoms with Crippen molar-refractivity contribution in [3.8, 4) is 28.3 Å². The average Bonchev–Trinajstić information content (AvgIpc) is 3.27. The lowest BCUT2D eigenvalue weighted by Crippen LogP contribution is -2.24. The zero-order valence-electron chi connectivity index (χ0n) is 14.9. The van der Waals surface area contributed by atoms with Crippen molar-refractivity contribution in [2.75, 3.05) is 13.7 Å². The van der Waals surface area contributed by atoms with Crippen LogP contribution in [0.25, 0.3) is 22.5 Å². The Balaban J connectivity index is 2.14. The van der Waals surface area contributed by atoms with Gasteiger partial charge in [-0.05, 0) is 12.1 Å². The number of H-pyrrole nitrogens is 1. The molecule has 0 aliphatic rings. The van der Waals surface area contributed by atoms with E-state index in [2.05, 4.69) is 20.5 Å². The molecule has 27 heavy (non-hydrogen) atoms. The monoisotopic (exact) mass is 369 g/mol. The zero-order valence-corrected chi connectivity index (χ0v) is 14.9. The Labute approximate surface area is 155 Å². The lowest BCUT2D eigenvalue weighted by molar-refractivity contribution is -0.118. The first-order chi connectivity index (χ1) is 13.0. The second kappa shape index (κ2) is 7.73. The Morgan fingerprint density at radius 1 is 1.30 bits per heavy atom. The number of imidazole rings is 1. The Morgan fingerprint density at radius 3 is 2.78 bits per heavy atom. The molecular formula is C18H19N5O4. The first-order valence-electron chi connectivity index (χ1n) is 8.23. The van der Waals surface area contributed by atoms with E-state index in [1.54, 1.807) is 18.0 Å². The molecule has 3 rings (SSSR count). The molecule has 0 spiro atoms. The van der Waals surface area contributed by atoms with E-state index in [0.29, 0.717) is 35.8 Å². The SMILES string of the molecule is COc1ccccc1-c1ncn(CCNC(C)=O)c1-c1cn[nH]c1C(=O)O. The van der Waals surface area contributed by atoms with Crippen LogP contribution in [0.15, 0.2) is 36.8 Å². The summed E-state index contributed by atoms with van der Waals surface area (Å²) in [5, 5.41) is 18.6. The van der Waals surface area contributed by atoms with Gasteiger partial charge in [0.2, 0.25) is 5.91 Å². The van der Waals surface area contributed by atoms with E-state index in [-0.39, 0.29) is 11.6 Å². The molecule has 0 fully saturated rings. The molecule has 0 saturated carbocycles. The molecule has 0 aliphatic heterocycles. The predicted molar refractivity (Wildman–Crippen MR) is 97.4 cm³/mol. The molecule has 9 nitrogen and oxygen atoms in total. The molecule has 1 amide bonds. The quantitative estimate of drug-likeness (QED) is 0.583. The second-order valence-corrected chi connectivity index (χ2v) is 5.78. The van der Waals surface area contributed by atoms with E-state index < -0.39 is 5.97 Å². The number of para-hydroxylation sites is 1. The van der Waals surface area contributed by atoms with E-state index in [0.717, 1.165) is 5.56 Å². The summed E-state index contributed by atoms with van der Waals surface area (Å²) >= 11 is 0. The van der Waals surface area contributed by atoms with Gasteiger partial charge in [-0.3, -0.25) is 9.89 Å². The highest BCUT2D eigenvalue weighted by Gasteiger charge is 2.23. The molecule has 3 N–H and O–H groups in total. The molecule has 1 aromatic carbocycles. The van der Waals surface area contributed by atoms with Crippen LogP contribution in [0.2, 0.25) is 0 Å². The van der Waals surface area contributed by atoms with Crippen molar-refractivity contribution < 1.29 is 19.4 Å². The number of amides is 1. The van der Waals surface area contributed by atoms with Gasteiger partial charge in [-0.2, -0.15) is 5.10 Å². The number of methoxy groups -OCH3 is 1. The number of nitrogens with one attached hydrogen (secondary N) is 2. The summed E-state index contributed by atoms with van der Waals surface area (Å²) in [6.07, 6.45) is 3.06. The fraction of sp³-hybridized carbons (Fsp3) is 0.222. The number of rotatable bonds is 7. The molecule has 0 unspecified atom stereocenters. The van der Waals surface area contributed by atoms with Gasteiger partial charge in [-0.25, -0.2) is 9.78 Å². The Hall–Kier alpha value is -3.62. The zero-order chi connectivity index (χ0) is 19.4. The number of aromatic carboxylic acids is 1. The molecule has 2 heterocycles. The summed E-state index contributed by atoms with van der Waals surface area (Å²) in [6.45, 7) is 2.24. The van der Waals surface area contributed by atoms with Crippen molar-refractivity contribution in [3.05, 3.63) is 42.5 Å². The third-order valence-corrected chi connectivity index (χ3v) is 4.03. The van der Waals surface area contributed by atoms with E-state index in [9.17, 15) is 14.7 Å². The summed E-state index contributed by atoms with van der Waals surface area (Å²) < 4.78 is 7.21. The van der Waals surface area contributed by atoms with Crippen LogP contribution in [0, 0.1) is 0 Å². The molecule has 0 radical (unpaired) electrons. The third kappa shape index (κ3) is 3.66. The smallest absolute Gasteiger partial charge is 0.354 e. The molecular weight excluding hydrogens is 350 g/mol. The number of carbonyl (C=O) groups is 2. The van der Waals surface area contributed by atoms with Crippen LogP contribution < -0.4 is 10.1 Å². The standard InChI is InChI=1S/C18H19N5O4/c1-11(24)19-7-8-23-10-20-15(12-5-3-4-6-14(12)27-2)17(23)13-9-21-22-16(13)18(25)26/h3-6,9-10H,7-8H2,1-2H3,(H,19,24)(H,21,22)(H,25,26). The number of nitrogens with zero attached hydrogens (tertiary/aromatic N) is 3. The third-order valence-electron chi connectivity index (χ3n) is 4.03. The lowest BCUT2D eigenvalue weighted by Gasteiger charge is -2.12. The van der Waals surface area contributed by atoms with Crippen molar-refractivity contribution in [2.45, 2.75) is 13.5 Å². The van der Waals surface area contributed by atoms with Gasteiger partial charge in [0.25, 0.3) is 0 Å². The minimum Gasteiger partial charge on any atom is -0.496 e. The van der Waals surface area contributed by atoms with Crippen molar-refractivity contribution in [2.24, 2.45) is 0 Å². The number of hydrogen-bond acceptors (Lipinski definition) is 5. The minimum atomic E-state index is -1.12. The number of carboxylic acids is 1. The maximum Gasteiger partial charge on any atom is 0.354 e. The molecule has 3 aromatic rings. The van der Waals surface area contributed by atoms with Gasteiger partial charge in [-0.15, -0.1) is 0 Å². The van der Waals surface area contributed by atoms with Gasteiger partial charge < -0.3 is 19.7 Å². The van der Waals surface area contributed by atoms with Gasteiger partial charge in [-0.1, -0.05) is 12.1 Å². The predicted octanol–water partition coefficient (Wildman–Crippen LogP) is 1.78. The highest BCUT2D eigenvalue weighted by atomic mass is 16.5. The van der Waals surface area contributed by atoms with Gasteiger partial charge in [0.1, 0.15) is 11.4 Å². The summed E-state index contributed by atoms with van der Waals surface area (Å²) in [5.41, 5.74) is 2.25. The number of ether oxygens (including phenoxy) is 1. The van der Waals surface area contributed by atoms with E-state index in [4.69, 9.17) is 4.74 Å². The number of aromatic nitrogens is 4. The van der Waals surface area contributed by atoms with Gasteiger partial charge in [0, 0.05) is 25.6 Å². The van der Waals surface area contributed by atoms with Crippen LogP contribution in [0.1, 0.15) is 17.4 Å². The molecule has 9 heteroatoms. The normalized spacial score (nSPS) is 10.6. The van der Waals surface area contributed by atoms with Gasteiger partial charge in [0.05, 0.1) is 30.9 Å². The molecule has 0 bridgehead atoms. The van der Waals surface area contributed by atoms with Gasteiger partial charge >= 0.3 is 5.97 Å². The van der Waals surface area contributed by atoms with Crippen LogP contribution in [-0.4, -0.2) is 50.4 Å². The van der Waals surface area contributed by atoms with Crippen molar-refractivity contribution in [1.29, 1.82) is 0 Å². The summed E-state index contributed by atoms with van der Waals surface area (Å²) in [5.74, 6) is -0.648. The molecule has 2 aromatic heterocycles. The maximum atomic E-state index is 11.6. The van der Waals surface area contributed by atoms with Crippen LogP contribution in [0.3, 0.4) is 0 Å². The number of carboxylic acid groups (broad SMARTS) is 1. The van der Waals surface area contributed by atoms with Crippen molar-refractivity contribution in [3.63, 3.8) is 0 Å². The summed E-state index contributed by atoms with van der Waals surface area (Å²) in [6, 6.07) is 7.36. The topological polar surface area (TPSA) is 122 Å². The highest BCUT2D eigenvalue weighted by Crippen LogP contribution is 2.37. The Kier molecular flexibility index (Phi) is 5.20. The van der Waals surface area contributed by atoms with Crippen LogP contribution in [-0.2, 0) is 11.3 Å². The number of carbonyl (C=O) groups excluding carboxylic acids is 1. The molecule has 0 atom stereocenters. The van der Waals surface area contributed by atoms with Crippen LogP contribution in [0.4, 0.5) is 0 Å². The van der Waals surface area contributed by atoms with E-state index >= 15 is 0 Å². The minimum absolute atomic E-state index is 0.0348. The Morgan fingerprint density at radius 2 is 2.07 bits per heavy atom. The lowest BCUT2D eigenvalue weighted by atomic mass is 10.0. The summed E-state index contributed by atoms with van der Waals surface area (Å²) in [7, 11) is 1.56. The van der Waals surface area contributed by atoms with E-state index in [1.807, 2.05) is 24.3 Å². The molecule has 0 aliphatic carbocycles. The highest BCUT2D eigenvalue weighted by molar-refractivity contribution is 5.96. The van der Waals surface area contributed by atoms with Crippen molar-refractivity contribution in [1.82, 2.24) is 25.1 Å². The Bertz CT molecular complexity index is 976. The average molecular weight is 369 g/mol. The number of hydrogen-bond donors (Lipinski definition) is 3. The fourth-order valence-electron chi connectivity index (χ4n) is 2.85. The van der Waals surface area contributed by atoms with E-state index in [1.165, 1.54) is 13.1 Å². The maximum absolute atomic E-state index is 11.6. The van der Waals surface area contributed by atoms with Crippen LogP contribution in [0.5, 0.6) is 5.75 Å². The largest absolute Gasteiger partial charge is 0.496 e. The van der Waals surface area contributed by atoms with Crippen LogP contribution >= 0.6 is 0 Å². The fourth-order valence-corrected chi connectivity index (χ4v) is 2.85. The first-order valence-corrected chi connectivity index (χ1v) is 8.23. The summed E-state index contributed by atoms with van der Waals surface area (Å²) in [4.78, 5) is 27.2. The second-order valence-electron chi connectivity index (χ2n) is 5.78. The molecule has 140 valence electrons. The number of benzene rings is 1. The number of aromatic amines is 1. The molecule has 0 saturated heterocycles.